The summed E-state index contributed by atoms with van der Waals surface area (Å²) in [5.74, 6) is 0. The van der Waals surface area contributed by atoms with E-state index in [-0.39, 0.29) is 5.41 Å². The minimum atomic E-state index is 0.106. The summed E-state index contributed by atoms with van der Waals surface area (Å²) in [7, 11) is 0. The zero-order valence-electron chi connectivity index (χ0n) is 9.52. The van der Waals surface area contributed by atoms with E-state index >= 15 is 0 Å². The van der Waals surface area contributed by atoms with Gasteiger partial charge in [-0.15, -0.1) is 0 Å². The maximum absolute atomic E-state index is 5.95. The Morgan fingerprint density at radius 1 is 1.07 bits per heavy atom. The van der Waals surface area contributed by atoms with E-state index < -0.39 is 0 Å². The van der Waals surface area contributed by atoms with Crippen LogP contribution in [-0.4, -0.2) is 0 Å². The van der Waals surface area contributed by atoms with Gasteiger partial charge < -0.3 is 11.5 Å². The van der Waals surface area contributed by atoms with Gasteiger partial charge in [0.2, 0.25) is 0 Å². The molecule has 0 radical (unpaired) electrons. The third kappa shape index (κ3) is 2.00. The minimum absolute atomic E-state index is 0.106. The van der Waals surface area contributed by atoms with Crippen LogP contribution in [0.5, 0.6) is 0 Å². The molecular formula is C12H20N2. The van der Waals surface area contributed by atoms with Gasteiger partial charge in [-0.1, -0.05) is 27.7 Å². The van der Waals surface area contributed by atoms with Gasteiger partial charge in [0, 0.05) is 11.4 Å². The topological polar surface area (TPSA) is 52.0 Å². The number of hydrogen-bond donors (Lipinski definition) is 2. The highest BCUT2D eigenvalue weighted by molar-refractivity contribution is 5.64. The molecule has 0 spiro atoms. The predicted octanol–water partition coefficient (Wildman–Crippen LogP) is 2.71. The van der Waals surface area contributed by atoms with E-state index in [9.17, 15) is 0 Å². The number of nitrogen functional groups attached to an aromatic ring is 2. The Morgan fingerprint density at radius 2 is 1.50 bits per heavy atom. The molecule has 0 amide bonds. The van der Waals surface area contributed by atoms with E-state index in [1.54, 1.807) is 0 Å². The summed E-state index contributed by atoms with van der Waals surface area (Å²) < 4.78 is 0. The zero-order chi connectivity index (χ0) is 10.9. The average Bonchev–Trinajstić information content (AvgIpc) is 2.01. The van der Waals surface area contributed by atoms with Crippen LogP contribution >= 0.6 is 0 Å². The smallest absolute Gasteiger partial charge is 0.0370 e. The second-order valence-electron chi connectivity index (χ2n) is 4.74. The van der Waals surface area contributed by atoms with E-state index in [1.807, 2.05) is 12.1 Å². The minimum Gasteiger partial charge on any atom is -0.398 e. The van der Waals surface area contributed by atoms with Crippen molar-refractivity contribution in [1.29, 1.82) is 0 Å². The molecule has 0 saturated carbocycles. The summed E-state index contributed by atoms with van der Waals surface area (Å²) in [4.78, 5) is 0. The van der Waals surface area contributed by atoms with Gasteiger partial charge in [-0.2, -0.15) is 0 Å². The number of hydrogen-bond acceptors (Lipinski definition) is 2. The molecule has 1 aromatic rings. The van der Waals surface area contributed by atoms with Crippen LogP contribution in [0.3, 0.4) is 0 Å². The summed E-state index contributed by atoms with van der Waals surface area (Å²) in [6.07, 6.45) is 0.891. The molecule has 4 N–H and O–H groups in total. The number of rotatable bonds is 1. The molecule has 2 nitrogen and oxygen atoms in total. The van der Waals surface area contributed by atoms with Crippen LogP contribution in [0, 0.1) is 0 Å². The van der Waals surface area contributed by atoms with Gasteiger partial charge in [0.05, 0.1) is 0 Å². The fourth-order valence-corrected chi connectivity index (χ4v) is 1.56. The van der Waals surface area contributed by atoms with Crippen molar-refractivity contribution in [3.05, 3.63) is 23.3 Å². The normalized spacial score (nSPS) is 11.7. The Hall–Kier alpha value is -1.18. The van der Waals surface area contributed by atoms with E-state index in [4.69, 9.17) is 11.5 Å². The fraction of sp³-hybridized carbons (Fsp3) is 0.500. The zero-order valence-corrected chi connectivity index (χ0v) is 9.52. The van der Waals surface area contributed by atoms with Gasteiger partial charge >= 0.3 is 0 Å². The van der Waals surface area contributed by atoms with E-state index in [2.05, 4.69) is 27.7 Å². The third-order valence-electron chi connectivity index (χ3n) is 2.54. The lowest BCUT2D eigenvalue weighted by Crippen LogP contribution is -2.13. The monoisotopic (exact) mass is 192 g/mol. The highest BCUT2D eigenvalue weighted by Crippen LogP contribution is 2.30. The van der Waals surface area contributed by atoms with Crippen LogP contribution in [0.4, 0.5) is 11.4 Å². The standard InChI is InChI=1S/C12H20N2/c1-5-9-10(13)6-8(7-11(9)14)12(2,3)4/h6-7H,5,13-14H2,1-4H3. The van der Waals surface area contributed by atoms with Crippen LogP contribution < -0.4 is 11.5 Å². The summed E-state index contributed by atoms with van der Waals surface area (Å²) in [5, 5.41) is 0. The maximum Gasteiger partial charge on any atom is 0.0370 e. The van der Waals surface area contributed by atoms with Gasteiger partial charge in [0.1, 0.15) is 0 Å². The molecule has 0 aromatic heterocycles. The Bertz CT molecular complexity index is 312. The molecule has 1 rings (SSSR count). The maximum atomic E-state index is 5.95. The molecule has 78 valence electrons. The van der Waals surface area contributed by atoms with Crippen molar-refractivity contribution >= 4 is 11.4 Å². The lowest BCUT2D eigenvalue weighted by atomic mass is 9.85. The van der Waals surface area contributed by atoms with Crippen molar-refractivity contribution < 1.29 is 0 Å². The van der Waals surface area contributed by atoms with Gasteiger partial charge in [-0.25, -0.2) is 0 Å². The van der Waals surface area contributed by atoms with Crippen LogP contribution in [0.1, 0.15) is 38.8 Å². The van der Waals surface area contributed by atoms with Crippen molar-refractivity contribution in [2.24, 2.45) is 0 Å². The summed E-state index contributed by atoms with van der Waals surface area (Å²) in [6.45, 7) is 8.55. The second-order valence-corrected chi connectivity index (χ2v) is 4.74. The van der Waals surface area contributed by atoms with E-state index in [0.717, 1.165) is 23.4 Å². The Labute approximate surface area is 86.3 Å². The number of benzene rings is 1. The summed E-state index contributed by atoms with van der Waals surface area (Å²) in [6, 6.07) is 4.07. The van der Waals surface area contributed by atoms with Crippen LogP contribution in [0.25, 0.3) is 0 Å². The Morgan fingerprint density at radius 3 is 1.79 bits per heavy atom. The molecule has 1 aromatic carbocycles. The molecular weight excluding hydrogens is 172 g/mol. The van der Waals surface area contributed by atoms with Gasteiger partial charge in [0.15, 0.2) is 0 Å². The molecule has 0 saturated heterocycles. The van der Waals surface area contributed by atoms with Gasteiger partial charge in [0.25, 0.3) is 0 Å². The molecule has 0 bridgehead atoms. The van der Waals surface area contributed by atoms with Crippen molar-refractivity contribution in [2.75, 3.05) is 11.5 Å². The first kappa shape index (κ1) is 10.9. The largest absolute Gasteiger partial charge is 0.398 e. The van der Waals surface area contributed by atoms with Crippen molar-refractivity contribution in [2.45, 2.75) is 39.5 Å². The third-order valence-corrected chi connectivity index (χ3v) is 2.54. The molecule has 2 heteroatoms. The number of nitrogens with two attached hydrogens (primary N) is 2. The second kappa shape index (κ2) is 3.52. The Kier molecular flexibility index (Phi) is 2.74. The molecule has 0 aliphatic rings. The molecule has 0 atom stereocenters. The summed E-state index contributed by atoms with van der Waals surface area (Å²) in [5.41, 5.74) is 15.9. The summed E-state index contributed by atoms with van der Waals surface area (Å²) >= 11 is 0. The highest BCUT2D eigenvalue weighted by atomic mass is 14.6. The first-order valence-electron chi connectivity index (χ1n) is 5.04. The quantitative estimate of drug-likeness (QED) is 0.672. The highest BCUT2D eigenvalue weighted by Gasteiger charge is 2.16. The SMILES string of the molecule is CCc1c(N)cc(C(C)(C)C)cc1N. The average molecular weight is 192 g/mol. The van der Waals surface area contributed by atoms with Crippen LogP contribution in [-0.2, 0) is 11.8 Å². The predicted molar refractivity (Wildman–Crippen MR) is 63.3 cm³/mol. The van der Waals surface area contributed by atoms with Gasteiger partial charge in [-0.05, 0) is 35.1 Å². The Balaban J connectivity index is 3.28. The molecule has 0 unspecified atom stereocenters. The van der Waals surface area contributed by atoms with Crippen LogP contribution in [0.15, 0.2) is 12.1 Å². The van der Waals surface area contributed by atoms with Crippen LogP contribution in [0.2, 0.25) is 0 Å². The molecule has 0 heterocycles. The number of anilines is 2. The van der Waals surface area contributed by atoms with Crippen molar-refractivity contribution in [3.63, 3.8) is 0 Å². The lowest BCUT2D eigenvalue weighted by Gasteiger charge is -2.21. The van der Waals surface area contributed by atoms with Crippen molar-refractivity contribution in [1.82, 2.24) is 0 Å². The van der Waals surface area contributed by atoms with E-state index in [1.165, 1.54) is 5.56 Å². The fourth-order valence-electron chi connectivity index (χ4n) is 1.56. The first-order chi connectivity index (χ1) is 6.36. The molecule has 0 aliphatic carbocycles. The van der Waals surface area contributed by atoms with E-state index in [0.29, 0.717) is 0 Å². The lowest BCUT2D eigenvalue weighted by molar-refractivity contribution is 0.590. The molecule has 14 heavy (non-hydrogen) atoms. The first-order valence-corrected chi connectivity index (χ1v) is 5.04. The molecule has 0 aliphatic heterocycles. The van der Waals surface area contributed by atoms with Crippen molar-refractivity contribution in [3.8, 4) is 0 Å². The molecule has 0 fully saturated rings. The van der Waals surface area contributed by atoms with Gasteiger partial charge in [-0.3, -0.25) is 0 Å².